The Kier molecular flexibility index (Phi) is 5.80. The molecule has 2 rings (SSSR count). The molecule has 0 aliphatic carbocycles. The van der Waals surface area contributed by atoms with Gasteiger partial charge < -0.3 is 4.79 Å². The summed E-state index contributed by atoms with van der Waals surface area (Å²) in [5, 5.41) is 0. The van der Waals surface area contributed by atoms with Crippen LogP contribution in [0.2, 0.25) is 0 Å². The molecule has 1 aromatic rings. The van der Waals surface area contributed by atoms with Crippen LogP contribution >= 0.6 is 0 Å². The van der Waals surface area contributed by atoms with Gasteiger partial charge in [0.1, 0.15) is 5.78 Å². The van der Waals surface area contributed by atoms with Crippen LogP contribution in [0.4, 0.5) is 0 Å². The highest BCUT2D eigenvalue weighted by Crippen LogP contribution is 2.25. The normalized spacial score (nSPS) is 17.6. The van der Waals surface area contributed by atoms with Crippen LogP contribution in [0.15, 0.2) is 24.3 Å². The van der Waals surface area contributed by atoms with Gasteiger partial charge in [-0.2, -0.15) is 0 Å². The maximum atomic E-state index is 11.1. The zero-order chi connectivity index (χ0) is 16.2. The van der Waals surface area contributed by atoms with Gasteiger partial charge in [0.2, 0.25) is 0 Å². The minimum atomic E-state index is 0.230. The van der Waals surface area contributed by atoms with Crippen molar-refractivity contribution in [2.75, 3.05) is 13.1 Å². The molecule has 2 heteroatoms. The summed E-state index contributed by atoms with van der Waals surface area (Å²) in [5.41, 5.74) is 3.04. The van der Waals surface area contributed by atoms with E-state index in [-0.39, 0.29) is 5.41 Å². The summed E-state index contributed by atoms with van der Waals surface area (Å²) < 4.78 is 0. The van der Waals surface area contributed by atoms with Crippen molar-refractivity contribution in [3.8, 4) is 0 Å². The Bertz CT molecular complexity index is 475. The number of hydrogen-bond acceptors (Lipinski definition) is 2. The van der Waals surface area contributed by atoms with E-state index in [4.69, 9.17) is 0 Å². The average molecular weight is 301 g/mol. The van der Waals surface area contributed by atoms with Gasteiger partial charge in [0.05, 0.1) is 0 Å². The molecule has 22 heavy (non-hydrogen) atoms. The van der Waals surface area contributed by atoms with E-state index in [2.05, 4.69) is 49.9 Å². The van der Waals surface area contributed by atoms with Crippen LogP contribution in [0.5, 0.6) is 0 Å². The smallest absolute Gasteiger partial charge is 0.129 e. The third-order valence-corrected chi connectivity index (χ3v) is 4.84. The summed E-state index contributed by atoms with van der Waals surface area (Å²) in [4.78, 5) is 13.6. The van der Waals surface area contributed by atoms with Crippen LogP contribution in [-0.2, 0) is 16.8 Å². The molecule has 1 fully saturated rings. The van der Waals surface area contributed by atoms with Crippen molar-refractivity contribution >= 4 is 5.78 Å². The van der Waals surface area contributed by atoms with E-state index in [1.54, 1.807) is 6.92 Å². The van der Waals surface area contributed by atoms with Crippen molar-refractivity contribution < 1.29 is 4.79 Å². The Morgan fingerprint density at radius 1 is 1.14 bits per heavy atom. The van der Waals surface area contributed by atoms with Crippen molar-refractivity contribution in [1.29, 1.82) is 0 Å². The van der Waals surface area contributed by atoms with Crippen molar-refractivity contribution in [3.05, 3.63) is 35.4 Å². The third-order valence-electron chi connectivity index (χ3n) is 4.84. The lowest BCUT2D eigenvalue weighted by Gasteiger charge is -2.32. The van der Waals surface area contributed by atoms with Crippen molar-refractivity contribution in [1.82, 2.24) is 4.90 Å². The molecule has 1 aliphatic rings. The second-order valence-corrected chi connectivity index (χ2v) is 7.91. The molecule has 0 amide bonds. The van der Waals surface area contributed by atoms with Gasteiger partial charge in [0.15, 0.2) is 0 Å². The average Bonchev–Trinajstić information content (AvgIpc) is 2.46. The molecule has 0 unspecified atom stereocenters. The molecule has 0 bridgehead atoms. The molecule has 0 aromatic heterocycles. The van der Waals surface area contributed by atoms with E-state index in [0.717, 1.165) is 25.3 Å². The highest BCUT2D eigenvalue weighted by molar-refractivity contribution is 5.75. The Labute approximate surface area is 135 Å². The second kappa shape index (κ2) is 7.41. The first-order valence-electron chi connectivity index (χ1n) is 8.66. The second-order valence-electron chi connectivity index (χ2n) is 7.91. The third kappa shape index (κ3) is 5.24. The molecule has 0 saturated carbocycles. The van der Waals surface area contributed by atoms with Crippen molar-refractivity contribution in [2.45, 2.75) is 65.3 Å². The molecule has 0 N–H and O–H groups in total. The summed E-state index contributed by atoms with van der Waals surface area (Å²) in [6.45, 7) is 11.9. The van der Waals surface area contributed by atoms with Gasteiger partial charge in [0.25, 0.3) is 0 Å². The zero-order valence-electron chi connectivity index (χ0n) is 14.7. The quantitative estimate of drug-likeness (QED) is 0.794. The molecule has 1 saturated heterocycles. The molecular weight excluding hydrogens is 270 g/mol. The first kappa shape index (κ1) is 17.2. The Hall–Kier alpha value is -1.15. The summed E-state index contributed by atoms with van der Waals surface area (Å²) >= 11 is 0. The van der Waals surface area contributed by atoms with Gasteiger partial charge >= 0.3 is 0 Å². The van der Waals surface area contributed by atoms with E-state index < -0.39 is 0 Å². The van der Waals surface area contributed by atoms with E-state index in [9.17, 15) is 4.79 Å². The molecule has 122 valence electrons. The molecule has 0 atom stereocenters. The molecule has 0 radical (unpaired) electrons. The van der Waals surface area contributed by atoms with Gasteiger partial charge in [0, 0.05) is 13.0 Å². The van der Waals surface area contributed by atoms with Crippen LogP contribution in [0.25, 0.3) is 0 Å². The SMILES string of the molecule is CC(=O)CCC1CCN(Cc2ccc(C(C)(C)C)cc2)CC1. The van der Waals surface area contributed by atoms with Gasteiger partial charge in [-0.3, -0.25) is 4.90 Å². The molecule has 0 spiro atoms. The number of rotatable bonds is 5. The van der Waals surface area contributed by atoms with Gasteiger partial charge in [-0.05, 0) is 61.7 Å². The predicted molar refractivity (Wildman–Crippen MR) is 93.1 cm³/mol. The largest absolute Gasteiger partial charge is 0.300 e. The van der Waals surface area contributed by atoms with Gasteiger partial charge in [-0.25, -0.2) is 0 Å². The predicted octanol–water partition coefficient (Wildman–Crippen LogP) is 4.57. The highest BCUT2D eigenvalue weighted by atomic mass is 16.1. The van der Waals surface area contributed by atoms with E-state index in [0.29, 0.717) is 5.78 Å². The van der Waals surface area contributed by atoms with Crippen molar-refractivity contribution in [3.63, 3.8) is 0 Å². The molecule has 1 aliphatic heterocycles. The topological polar surface area (TPSA) is 20.3 Å². The van der Waals surface area contributed by atoms with Crippen molar-refractivity contribution in [2.24, 2.45) is 5.92 Å². The minimum absolute atomic E-state index is 0.230. The van der Waals surface area contributed by atoms with Crippen LogP contribution < -0.4 is 0 Å². The minimum Gasteiger partial charge on any atom is -0.300 e. The molecule has 1 heterocycles. The molecule has 1 aromatic carbocycles. The fraction of sp³-hybridized carbons (Fsp3) is 0.650. The fourth-order valence-corrected chi connectivity index (χ4v) is 3.21. The number of piperidine rings is 1. The highest BCUT2D eigenvalue weighted by Gasteiger charge is 2.19. The Balaban J connectivity index is 1.80. The lowest BCUT2D eigenvalue weighted by atomic mass is 9.86. The Morgan fingerprint density at radius 2 is 1.73 bits per heavy atom. The van der Waals surface area contributed by atoms with Crippen LogP contribution in [0.1, 0.15) is 64.5 Å². The van der Waals surface area contributed by atoms with Crippen LogP contribution in [0.3, 0.4) is 0 Å². The summed E-state index contributed by atoms with van der Waals surface area (Å²) in [6, 6.07) is 9.11. The van der Waals surface area contributed by atoms with Crippen LogP contribution in [-0.4, -0.2) is 23.8 Å². The van der Waals surface area contributed by atoms with E-state index >= 15 is 0 Å². The monoisotopic (exact) mass is 301 g/mol. The molecule has 2 nitrogen and oxygen atoms in total. The summed E-state index contributed by atoms with van der Waals surface area (Å²) in [5.74, 6) is 1.09. The van der Waals surface area contributed by atoms with Crippen LogP contribution in [0, 0.1) is 5.92 Å². The Morgan fingerprint density at radius 3 is 2.23 bits per heavy atom. The number of Topliss-reactive ketones (excluding diaryl/α,β-unsaturated/α-hetero) is 1. The summed E-state index contributed by atoms with van der Waals surface area (Å²) in [7, 11) is 0. The number of likely N-dealkylation sites (tertiary alicyclic amines) is 1. The lowest BCUT2D eigenvalue weighted by Crippen LogP contribution is -2.33. The van der Waals surface area contributed by atoms with E-state index in [1.165, 1.54) is 37.1 Å². The first-order chi connectivity index (χ1) is 10.3. The number of carbonyl (C=O) groups excluding carboxylic acids is 1. The number of carbonyl (C=O) groups is 1. The standard InChI is InChI=1S/C20H31NO/c1-16(22)5-6-17-11-13-21(14-12-17)15-18-7-9-19(10-8-18)20(2,3)4/h7-10,17H,5-6,11-15H2,1-4H3. The molecular formula is C20H31NO. The lowest BCUT2D eigenvalue weighted by molar-refractivity contribution is -0.117. The number of hydrogen-bond donors (Lipinski definition) is 0. The number of benzene rings is 1. The fourth-order valence-electron chi connectivity index (χ4n) is 3.21. The van der Waals surface area contributed by atoms with E-state index in [1.807, 2.05) is 0 Å². The summed E-state index contributed by atoms with van der Waals surface area (Å²) in [6.07, 6.45) is 4.34. The zero-order valence-corrected chi connectivity index (χ0v) is 14.7. The first-order valence-corrected chi connectivity index (χ1v) is 8.66. The van der Waals surface area contributed by atoms with Gasteiger partial charge in [-0.1, -0.05) is 45.0 Å². The number of ketones is 1. The number of nitrogens with zero attached hydrogens (tertiary/aromatic N) is 1. The maximum absolute atomic E-state index is 11.1. The maximum Gasteiger partial charge on any atom is 0.129 e. The van der Waals surface area contributed by atoms with Gasteiger partial charge in [-0.15, -0.1) is 0 Å².